The molecule has 0 atom stereocenters. The molecule has 0 saturated heterocycles. The number of rotatable bonds is 3. The molecule has 0 bridgehead atoms. The predicted molar refractivity (Wildman–Crippen MR) is 69.2 cm³/mol. The highest BCUT2D eigenvalue weighted by atomic mass is 16.5. The average molecular weight is 237 g/mol. The van der Waals surface area contributed by atoms with E-state index >= 15 is 0 Å². The van der Waals surface area contributed by atoms with Crippen LogP contribution in [0.3, 0.4) is 0 Å². The van der Waals surface area contributed by atoms with Crippen LogP contribution in [0.4, 0.5) is 5.69 Å². The van der Waals surface area contributed by atoms with Crippen molar-refractivity contribution in [2.45, 2.75) is 0 Å². The lowest BCUT2D eigenvalue weighted by molar-refractivity contribution is 0.415. The van der Waals surface area contributed by atoms with Crippen LogP contribution < -0.4 is 4.74 Å². The molecule has 0 radical (unpaired) electrons. The van der Waals surface area contributed by atoms with E-state index < -0.39 is 0 Å². The summed E-state index contributed by atoms with van der Waals surface area (Å²) in [7, 11) is 1.62. The van der Waals surface area contributed by atoms with Gasteiger partial charge in [-0.1, -0.05) is 6.07 Å². The molecule has 2 aromatic rings. The Labute approximate surface area is 105 Å². The first-order chi connectivity index (χ1) is 8.81. The Balaban J connectivity index is 2.16. The normalized spacial score (nSPS) is 10.2. The molecule has 2 rings (SSSR count). The van der Waals surface area contributed by atoms with Gasteiger partial charge in [0.15, 0.2) is 0 Å². The van der Waals surface area contributed by atoms with Gasteiger partial charge in [-0.25, -0.2) is 4.98 Å². The largest absolute Gasteiger partial charge is 0.497 e. The summed E-state index contributed by atoms with van der Waals surface area (Å²) >= 11 is 0. The lowest BCUT2D eigenvalue weighted by Gasteiger charge is -1.99. The number of hydrogen-bond acceptors (Lipinski definition) is 4. The van der Waals surface area contributed by atoms with Crippen LogP contribution in [0.2, 0.25) is 0 Å². The molecule has 0 saturated carbocycles. The third-order valence-corrected chi connectivity index (χ3v) is 2.32. The number of aromatic nitrogens is 1. The maximum absolute atomic E-state index is 8.63. The number of nitrogens with zero attached hydrogens (tertiary/aromatic N) is 3. The van der Waals surface area contributed by atoms with Gasteiger partial charge >= 0.3 is 0 Å². The highest BCUT2D eigenvalue weighted by molar-refractivity contribution is 5.81. The third kappa shape index (κ3) is 2.92. The van der Waals surface area contributed by atoms with Crippen LogP contribution in [0.5, 0.6) is 5.75 Å². The molecule has 1 aromatic carbocycles. The number of nitriles is 1. The zero-order valence-corrected chi connectivity index (χ0v) is 9.87. The molecule has 1 heterocycles. The molecule has 4 nitrogen and oxygen atoms in total. The number of methoxy groups -OCH3 is 1. The van der Waals surface area contributed by atoms with Crippen molar-refractivity contribution in [3.63, 3.8) is 0 Å². The van der Waals surface area contributed by atoms with Crippen molar-refractivity contribution >= 4 is 11.9 Å². The van der Waals surface area contributed by atoms with Crippen LogP contribution in [0, 0.1) is 11.3 Å². The van der Waals surface area contributed by atoms with Gasteiger partial charge in [0.25, 0.3) is 0 Å². The van der Waals surface area contributed by atoms with Crippen LogP contribution in [0.1, 0.15) is 11.3 Å². The van der Waals surface area contributed by atoms with E-state index in [1.54, 1.807) is 31.7 Å². The molecule has 1 aromatic heterocycles. The van der Waals surface area contributed by atoms with Crippen molar-refractivity contribution in [3.05, 3.63) is 53.9 Å². The second kappa shape index (κ2) is 5.60. The molecule has 0 fully saturated rings. The van der Waals surface area contributed by atoms with Gasteiger partial charge in [0.1, 0.15) is 17.5 Å². The summed E-state index contributed by atoms with van der Waals surface area (Å²) in [5, 5.41) is 8.63. The van der Waals surface area contributed by atoms with Gasteiger partial charge < -0.3 is 4.74 Å². The standard InChI is InChI=1S/C14H11N3O/c1-18-14-4-2-3-12(7-14)16-9-11-5-6-13(8-15)17-10-11/h2-7,9-10H,1H3/b16-9+. The van der Waals surface area contributed by atoms with Crippen LogP contribution in [-0.2, 0) is 0 Å². The molecule has 0 unspecified atom stereocenters. The molecule has 0 aliphatic heterocycles. The van der Waals surface area contributed by atoms with E-state index in [4.69, 9.17) is 10.00 Å². The second-order valence-electron chi connectivity index (χ2n) is 3.55. The maximum atomic E-state index is 8.63. The van der Waals surface area contributed by atoms with Crippen LogP contribution >= 0.6 is 0 Å². The van der Waals surface area contributed by atoms with E-state index in [2.05, 4.69) is 9.98 Å². The van der Waals surface area contributed by atoms with Crippen molar-refractivity contribution in [3.8, 4) is 11.8 Å². The van der Waals surface area contributed by atoms with Crippen molar-refractivity contribution in [1.82, 2.24) is 4.98 Å². The smallest absolute Gasteiger partial charge is 0.140 e. The lowest BCUT2D eigenvalue weighted by atomic mass is 10.2. The van der Waals surface area contributed by atoms with Gasteiger partial charge in [-0.3, -0.25) is 4.99 Å². The Kier molecular flexibility index (Phi) is 3.67. The van der Waals surface area contributed by atoms with E-state index in [0.29, 0.717) is 5.69 Å². The molecule has 0 aliphatic rings. The quantitative estimate of drug-likeness (QED) is 0.771. The van der Waals surface area contributed by atoms with E-state index in [0.717, 1.165) is 17.0 Å². The van der Waals surface area contributed by atoms with Gasteiger partial charge in [0, 0.05) is 24.0 Å². The molecule has 0 spiro atoms. The van der Waals surface area contributed by atoms with E-state index in [1.165, 1.54) is 0 Å². The van der Waals surface area contributed by atoms with Gasteiger partial charge in [0.2, 0.25) is 0 Å². The van der Waals surface area contributed by atoms with Gasteiger partial charge in [-0.2, -0.15) is 5.26 Å². The number of benzene rings is 1. The van der Waals surface area contributed by atoms with Crippen molar-refractivity contribution < 1.29 is 4.74 Å². The monoisotopic (exact) mass is 237 g/mol. The van der Waals surface area contributed by atoms with E-state index in [-0.39, 0.29) is 0 Å². The summed E-state index contributed by atoms with van der Waals surface area (Å²) in [6, 6.07) is 12.9. The van der Waals surface area contributed by atoms with Crippen molar-refractivity contribution in [2.75, 3.05) is 7.11 Å². The zero-order valence-electron chi connectivity index (χ0n) is 9.87. The van der Waals surface area contributed by atoms with Crippen LogP contribution in [0.25, 0.3) is 0 Å². The Hall–Kier alpha value is -2.67. The van der Waals surface area contributed by atoms with E-state index in [9.17, 15) is 0 Å². The third-order valence-electron chi connectivity index (χ3n) is 2.32. The zero-order chi connectivity index (χ0) is 12.8. The number of pyridine rings is 1. The fourth-order valence-corrected chi connectivity index (χ4v) is 1.39. The molecular formula is C14H11N3O. The Bertz CT molecular complexity index is 597. The van der Waals surface area contributed by atoms with E-state index in [1.807, 2.05) is 30.3 Å². The Morgan fingerprint density at radius 1 is 1.33 bits per heavy atom. The first-order valence-electron chi connectivity index (χ1n) is 5.36. The molecule has 18 heavy (non-hydrogen) atoms. The predicted octanol–water partition coefficient (Wildman–Crippen LogP) is 2.71. The average Bonchev–Trinajstić information content (AvgIpc) is 2.46. The van der Waals surface area contributed by atoms with Crippen molar-refractivity contribution in [2.24, 2.45) is 4.99 Å². The molecule has 4 heteroatoms. The summed E-state index contributed by atoms with van der Waals surface area (Å²) in [4.78, 5) is 8.28. The number of aliphatic imine (C=N–C) groups is 1. The molecule has 0 amide bonds. The summed E-state index contributed by atoms with van der Waals surface area (Å²) in [6.07, 6.45) is 3.31. The van der Waals surface area contributed by atoms with Gasteiger partial charge in [-0.15, -0.1) is 0 Å². The fraction of sp³-hybridized carbons (Fsp3) is 0.0714. The van der Waals surface area contributed by atoms with Crippen LogP contribution in [0.15, 0.2) is 47.6 Å². The number of hydrogen-bond donors (Lipinski definition) is 0. The van der Waals surface area contributed by atoms with Crippen LogP contribution in [-0.4, -0.2) is 18.3 Å². The minimum atomic E-state index is 0.397. The highest BCUT2D eigenvalue weighted by Gasteiger charge is 1.94. The first-order valence-corrected chi connectivity index (χ1v) is 5.36. The molecule has 0 aliphatic carbocycles. The molecule has 0 N–H and O–H groups in total. The minimum Gasteiger partial charge on any atom is -0.497 e. The Morgan fingerprint density at radius 2 is 2.22 bits per heavy atom. The fourth-order valence-electron chi connectivity index (χ4n) is 1.39. The Morgan fingerprint density at radius 3 is 2.89 bits per heavy atom. The maximum Gasteiger partial charge on any atom is 0.140 e. The lowest BCUT2D eigenvalue weighted by Crippen LogP contribution is -1.86. The van der Waals surface area contributed by atoms with Crippen molar-refractivity contribution in [1.29, 1.82) is 5.26 Å². The highest BCUT2D eigenvalue weighted by Crippen LogP contribution is 2.19. The summed E-state index contributed by atoms with van der Waals surface area (Å²) in [6.45, 7) is 0. The first kappa shape index (κ1) is 11.8. The van der Waals surface area contributed by atoms with Gasteiger partial charge in [-0.05, 0) is 24.3 Å². The minimum absolute atomic E-state index is 0.397. The van der Waals surface area contributed by atoms with Gasteiger partial charge in [0.05, 0.1) is 12.8 Å². The summed E-state index contributed by atoms with van der Waals surface area (Å²) in [5.41, 5.74) is 2.05. The second-order valence-corrected chi connectivity index (χ2v) is 3.55. The summed E-state index contributed by atoms with van der Waals surface area (Å²) < 4.78 is 5.11. The summed E-state index contributed by atoms with van der Waals surface area (Å²) in [5.74, 6) is 0.766. The SMILES string of the molecule is COc1cccc(/N=C/c2ccc(C#N)nc2)c1. The molecular weight excluding hydrogens is 226 g/mol. The topological polar surface area (TPSA) is 58.3 Å². The number of ether oxygens (including phenoxy) is 1. The molecule has 88 valence electrons.